The van der Waals surface area contributed by atoms with Gasteiger partial charge in [-0.1, -0.05) is 42.5 Å². The fourth-order valence-corrected chi connectivity index (χ4v) is 4.57. The van der Waals surface area contributed by atoms with Gasteiger partial charge in [-0.05, 0) is 73.5 Å². The first-order valence-electron chi connectivity index (χ1n) is 9.59. The average Bonchev–Trinajstić information content (AvgIpc) is 3.17. The van der Waals surface area contributed by atoms with Crippen LogP contribution in [0.15, 0.2) is 65.6 Å². The number of likely N-dealkylation sites (N-methyl/N-ethyl adjacent to an activating group) is 1. The lowest BCUT2D eigenvalue weighted by atomic mass is 10.1. The van der Waals surface area contributed by atoms with Crippen molar-refractivity contribution in [2.24, 2.45) is 0 Å². The number of amides is 2. The molecule has 1 saturated heterocycles. The smallest absolute Gasteiger partial charge is 0.293 e. The Kier molecular flexibility index (Phi) is 5.16. The summed E-state index contributed by atoms with van der Waals surface area (Å²) >= 11 is 1.01. The molecule has 1 aromatic heterocycles. The Morgan fingerprint density at radius 2 is 1.59 bits per heavy atom. The van der Waals surface area contributed by atoms with E-state index in [1.807, 2.05) is 45.0 Å². The fraction of sp³-hybridized carbons (Fsp3) is 0.167. The minimum absolute atomic E-state index is 0.200. The molecule has 4 nitrogen and oxygen atoms in total. The molecule has 0 saturated carbocycles. The number of imide groups is 1. The largest absolute Gasteiger partial charge is 0.318 e. The second-order valence-corrected chi connectivity index (χ2v) is 7.99. The Labute approximate surface area is 174 Å². The minimum Gasteiger partial charge on any atom is -0.318 e. The number of thioether (sulfide) groups is 1. The van der Waals surface area contributed by atoms with Gasteiger partial charge in [0.2, 0.25) is 0 Å². The van der Waals surface area contributed by atoms with Gasteiger partial charge in [-0.3, -0.25) is 14.5 Å². The summed E-state index contributed by atoms with van der Waals surface area (Å²) in [6, 6.07) is 20.8. The molecule has 29 heavy (non-hydrogen) atoms. The third-order valence-corrected chi connectivity index (χ3v) is 6.09. The van der Waals surface area contributed by atoms with Gasteiger partial charge in [0.15, 0.2) is 0 Å². The van der Waals surface area contributed by atoms with Gasteiger partial charge in [0, 0.05) is 23.6 Å². The van der Waals surface area contributed by atoms with E-state index >= 15 is 0 Å². The molecular weight excluding hydrogens is 380 g/mol. The average molecular weight is 403 g/mol. The van der Waals surface area contributed by atoms with Crippen molar-refractivity contribution in [2.75, 3.05) is 6.54 Å². The summed E-state index contributed by atoms with van der Waals surface area (Å²) in [5.41, 5.74) is 6.50. The van der Waals surface area contributed by atoms with Gasteiger partial charge in [0.25, 0.3) is 11.1 Å². The molecular formula is C24H22N2O2S. The van der Waals surface area contributed by atoms with E-state index in [1.165, 1.54) is 16.0 Å². The van der Waals surface area contributed by atoms with Crippen molar-refractivity contribution in [2.45, 2.75) is 20.8 Å². The summed E-state index contributed by atoms with van der Waals surface area (Å²) < 4.78 is 2.17. The van der Waals surface area contributed by atoms with Crippen LogP contribution < -0.4 is 0 Å². The van der Waals surface area contributed by atoms with Gasteiger partial charge >= 0.3 is 0 Å². The van der Waals surface area contributed by atoms with Crippen LogP contribution in [0.4, 0.5) is 4.79 Å². The van der Waals surface area contributed by atoms with E-state index < -0.39 is 0 Å². The first-order chi connectivity index (χ1) is 14.0. The molecule has 0 atom stereocenters. The van der Waals surface area contributed by atoms with Crippen molar-refractivity contribution < 1.29 is 9.59 Å². The van der Waals surface area contributed by atoms with Crippen LogP contribution in [0.2, 0.25) is 0 Å². The summed E-state index contributed by atoms with van der Waals surface area (Å²) in [4.78, 5) is 26.1. The molecule has 5 heteroatoms. The fourth-order valence-electron chi connectivity index (χ4n) is 3.68. The number of aromatic nitrogens is 1. The summed E-state index contributed by atoms with van der Waals surface area (Å²) in [5, 5.41) is -0.200. The van der Waals surface area contributed by atoms with E-state index in [0.29, 0.717) is 11.4 Å². The van der Waals surface area contributed by atoms with Gasteiger partial charge < -0.3 is 4.57 Å². The van der Waals surface area contributed by atoms with E-state index in [-0.39, 0.29) is 11.1 Å². The molecule has 4 rings (SSSR count). The monoisotopic (exact) mass is 402 g/mol. The first-order valence-corrected chi connectivity index (χ1v) is 10.4. The van der Waals surface area contributed by atoms with Crippen molar-refractivity contribution in [1.29, 1.82) is 0 Å². The van der Waals surface area contributed by atoms with Crippen LogP contribution >= 0.6 is 11.8 Å². The van der Waals surface area contributed by atoms with Crippen molar-refractivity contribution in [1.82, 2.24) is 9.47 Å². The molecule has 0 N–H and O–H groups in total. The molecule has 2 heterocycles. The van der Waals surface area contributed by atoms with Crippen LogP contribution in [-0.4, -0.2) is 27.2 Å². The second kappa shape index (κ2) is 7.76. The van der Waals surface area contributed by atoms with Crippen LogP contribution in [0.25, 0.3) is 22.9 Å². The van der Waals surface area contributed by atoms with E-state index in [4.69, 9.17) is 0 Å². The standard InChI is InChI=1S/C24H22N2O2S/c1-4-25-23(27)22(29-24(25)28)15-20-14-16(2)26(17(20)3)21-12-10-19(11-13-21)18-8-6-5-7-9-18/h5-15H,4H2,1-3H3/b22-15-. The molecule has 146 valence electrons. The van der Waals surface area contributed by atoms with Gasteiger partial charge in [-0.15, -0.1) is 0 Å². The number of rotatable bonds is 4. The van der Waals surface area contributed by atoms with E-state index in [2.05, 4.69) is 47.0 Å². The Morgan fingerprint density at radius 3 is 2.21 bits per heavy atom. The van der Waals surface area contributed by atoms with E-state index in [1.54, 1.807) is 0 Å². The molecule has 1 fully saturated rings. The quantitative estimate of drug-likeness (QED) is 0.517. The molecule has 0 aliphatic carbocycles. The number of carbonyl (C=O) groups excluding carboxylic acids is 2. The zero-order valence-electron chi connectivity index (χ0n) is 16.7. The lowest BCUT2D eigenvalue weighted by Crippen LogP contribution is -2.27. The van der Waals surface area contributed by atoms with E-state index in [0.717, 1.165) is 34.4 Å². The van der Waals surface area contributed by atoms with Crippen molar-refractivity contribution in [3.63, 3.8) is 0 Å². The number of hydrogen-bond acceptors (Lipinski definition) is 3. The molecule has 0 radical (unpaired) electrons. The maximum Gasteiger partial charge on any atom is 0.293 e. The van der Waals surface area contributed by atoms with Gasteiger partial charge in [-0.25, -0.2) is 0 Å². The molecule has 2 amide bonds. The number of aryl methyl sites for hydroxylation is 1. The topological polar surface area (TPSA) is 42.3 Å². The molecule has 2 aromatic carbocycles. The normalized spacial score (nSPS) is 15.6. The van der Waals surface area contributed by atoms with Crippen molar-refractivity contribution in [3.05, 3.63) is 82.5 Å². The molecule has 3 aromatic rings. The maximum absolute atomic E-state index is 12.4. The van der Waals surface area contributed by atoms with Crippen LogP contribution in [0.1, 0.15) is 23.9 Å². The predicted octanol–water partition coefficient (Wildman–Crippen LogP) is 5.82. The predicted molar refractivity (Wildman–Crippen MR) is 119 cm³/mol. The summed E-state index contributed by atoms with van der Waals surface area (Å²) in [5.74, 6) is -0.209. The molecule has 1 aliphatic heterocycles. The summed E-state index contributed by atoms with van der Waals surface area (Å²) in [6.45, 7) is 6.29. The van der Waals surface area contributed by atoms with Crippen LogP contribution in [0.3, 0.4) is 0 Å². The van der Waals surface area contributed by atoms with Gasteiger partial charge in [0.1, 0.15) is 0 Å². The molecule has 0 unspecified atom stereocenters. The van der Waals surface area contributed by atoms with Crippen molar-refractivity contribution >= 4 is 29.0 Å². The van der Waals surface area contributed by atoms with Gasteiger partial charge in [0.05, 0.1) is 4.91 Å². The third-order valence-electron chi connectivity index (χ3n) is 5.18. The lowest BCUT2D eigenvalue weighted by molar-refractivity contribution is -0.122. The number of nitrogens with zero attached hydrogens (tertiary/aromatic N) is 2. The maximum atomic E-state index is 12.4. The van der Waals surface area contributed by atoms with Crippen molar-refractivity contribution in [3.8, 4) is 16.8 Å². The third kappa shape index (κ3) is 3.54. The highest BCUT2D eigenvalue weighted by Gasteiger charge is 2.33. The highest BCUT2D eigenvalue weighted by molar-refractivity contribution is 8.18. The lowest BCUT2D eigenvalue weighted by Gasteiger charge is -2.11. The number of hydrogen-bond donors (Lipinski definition) is 0. The van der Waals surface area contributed by atoms with Crippen LogP contribution in [0, 0.1) is 13.8 Å². The molecule has 0 bridgehead atoms. The Balaban J connectivity index is 1.67. The first kappa shape index (κ1) is 19.3. The summed E-state index contributed by atoms with van der Waals surface area (Å²) in [7, 11) is 0. The van der Waals surface area contributed by atoms with Crippen LogP contribution in [0.5, 0.6) is 0 Å². The Morgan fingerprint density at radius 1 is 0.931 bits per heavy atom. The SMILES string of the molecule is CCN1C(=O)S/C(=C\c2cc(C)n(-c3ccc(-c4ccccc4)cc3)c2C)C1=O. The Hall–Kier alpha value is -3.05. The zero-order chi connectivity index (χ0) is 20.5. The number of carbonyl (C=O) groups is 2. The summed E-state index contributed by atoms with van der Waals surface area (Å²) in [6.07, 6.45) is 1.83. The molecule has 0 spiro atoms. The Bertz CT molecular complexity index is 1110. The molecule has 1 aliphatic rings. The van der Waals surface area contributed by atoms with E-state index in [9.17, 15) is 9.59 Å². The number of benzene rings is 2. The minimum atomic E-state index is -0.209. The highest BCUT2D eigenvalue weighted by Crippen LogP contribution is 2.33. The van der Waals surface area contributed by atoms with Crippen LogP contribution in [-0.2, 0) is 4.79 Å². The zero-order valence-corrected chi connectivity index (χ0v) is 17.5. The second-order valence-electron chi connectivity index (χ2n) is 7.00. The van der Waals surface area contributed by atoms with Gasteiger partial charge in [-0.2, -0.15) is 0 Å². The highest BCUT2D eigenvalue weighted by atomic mass is 32.2.